The van der Waals surface area contributed by atoms with Gasteiger partial charge in [-0.25, -0.2) is 4.68 Å². The second-order valence-electron chi connectivity index (χ2n) is 6.18. The van der Waals surface area contributed by atoms with Crippen molar-refractivity contribution in [3.63, 3.8) is 0 Å². The number of hydrogen-bond acceptors (Lipinski definition) is 4. The molecule has 0 radical (unpaired) electrons. The Kier molecular flexibility index (Phi) is 3.53. The van der Waals surface area contributed by atoms with Gasteiger partial charge >= 0.3 is 0 Å². The topological polar surface area (TPSA) is 68.9 Å². The number of hydrogen-bond donors (Lipinski definition) is 1. The Hall–Kier alpha value is -2.41. The summed E-state index contributed by atoms with van der Waals surface area (Å²) in [6, 6.07) is 2.35. The molecule has 1 N–H and O–H groups in total. The number of amides is 1. The Morgan fingerprint density at radius 1 is 1.54 bits per heavy atom. The fourth-order valence-electron chi connectivity index (χ4n) is 2.99. The van der Waals surface area contributed by atoms with Gasteiger partial charge in [0, 0.05) is 22.8 Å². The highest BCUT2D eigenvalue weighted by molar-refractivity contribution is 7.20. The number of thiophene rings is 1. The predicted octanol–water partition coefficient (Wildman–Crippen LogP) is 2.19. The first kappa shape index (κ1) is 15.1. The standard InChI is InChI=1S/C17H18N4O2S/c1-3-6-20-13-7-10(2)24-16(13)12-8-18-21(17(23)15(12)20)9-14(22)19-11-4-5-11/h3,7-8,11H,1,4-6,9H2,2H3,(H,19,22). The molecule has 1 saturated carbocycles. The molecule has 1 aliphatic carbocycles. The molecule has 0 aromatic carbocycles. The number of nitrogens with one attached hydrogen (secondary N) is 1. The average molecular weight is 342 g/mol. The first-order valence-electron chi connectivity index (χ1n) is 7.97. The number of carbonyl (C=O) groups is 1. The van der Waals surface area contributed by atoms with E-state index in [1.807, 2.05) is 11.5 Å². The van der Waals surface area contributed by atoms with Crippen LogP contribution < -0.4 is 10.9 Å². The zero-order chi connectivity index (χ0) is 16.8. The molecule has 0 aliphatic heterocycles. The van der Waals surface area contributed by atoms with Gasteiger partial charge in [0.15, 0.2) is 0 Å². The smallest absolute Gasteiger partial charge is 0.291 e. The first-order chi connectivity index (χ1) is 11.6. The molecule has 0 bridgehead atoms. The summed E-state index contributed by atoms with van der Waals surface area (Å²) < 4.78 is 4.26. The highest BCUT2D eigenvalue weighted by Crippen LogP contribution is 2.33. The molecule has 3 aromatic rings. The number of rotatable bonds is 5. The summed E-state index contributed by atoms with van der Waals surface area (Å²) in [6.07, 6.45) is 5.50. The number of allylic oxidation sites excluding steroid dienone is 1. The number of aryl methyl sites for hydroxylation is 1. The summed E-state index contributed by atoms with van der Waals surface area (Å²) in [5, 5.41) is 7.95. The summed E-state index contributed by atoms with van der Waals surface area (Å²) >= 11 is 1.65. The van der Waals surface area contributed by atoms with Gasteiger partial charge in [-0.15, -0.1) is 17.9 Å². The number of fused-ring (bicyclic) bond motifs is 3. The molecule has 124 valence electrons. The Bertz CT molecular complexity index is 1020. The maximum atomic E-state index is 12.9. The Balaban J connectivity index is 1.84. The molecule has 1 fully saturated rings. The van der Waals surface area contributed by atoms with Crippen LogP contribution >= 0.6 is 11.3 Å². The molecule has 4 rings (SSSR count). The van der Waals surface area contributed by atoms with Crippen LogP contribution in [0.1, 0.15) is 17.7 Å². The van der Waals surface area contributed by atoms with Gasteiger partial charge in [0.2, 0.25) is 5.91 Å². The molecule has 0 spiro atoms. The van der Waals surface area contributed by atoms with E-state index in [2.05, 4.69) is 23.1 Å². The fraction of sp³-hybridized carbons (Fsp3) is 0.353. The first-order valence-corrected chi connectivity index (χ1v) is 8.79. The van der Waals surface area contributed by atoms with Crippen molar-refractivity contribution in [2.45, 2.75) is 38.9 Å². The van der Waals surface area contributed by atoms with Crippen LogP contribution in [0.25, 0.3) is 21.1 Å². The summed E-state index contributed by atoms with van der Waals surface area (Å²) in [5.41, 5.74) is 1.37. The summed E-state index contributed by atoms with van der Waals surface area (Å²) in [4.78, 5) is 26.1. The Morgan fingerprint density at radius 2 is 2.33 bits per heavy atom. The second-order valence-corrected chi connectivity index (χ2v) is 7.44. The number of aromatic nitrogens is 3. The minimum Gasteiger partial charge on any atom is -0.352 e. The molecule has 6 nitrogen and oxygen atoms in total. The second kappa shape index (κ2) is 5.59. The molecular weight excluding hydrogens is 324 g/mol. The van der Waals surface area contributed by atoms with Crippen molar-refractivity contribution in [3.8, 4) is 0 Å². The van der Waals surface area contributed by atoms with Gasteiger partial charge in [-0.3, -0.25) is 9.59 Å². The monoisotopic (exact) mass is 342 g/mol. The predicted molar refractivity (Wildman–Crippen MR) is 95.5 cm³/mol. The Morgan fingerprint density at radius 3 is 3.04 bits per heavy atom. The molecule has 3 aromatic heterocycles. The summed E-state index contributed by atoms with van der Waals surface area (Å²) in [5.74, 6) is -0.161. The molecule has 0 atom stereocenters. The quantitative estimate of drug-likeness (QED) is 0.723. The van der Waals surface area contributed by atoms with E-state index in [1.165, 1.54) is 9.56 Å². The highest BCUT2D eigenvalue weighted by Gasteiger charge is 2.24. The molecule has 1 aliphatic rings. The lowest BCUT2D eigenvalue weighted by Gasteiger charge is -2.07. The summed E-state index contributed by atoms with van der Waals surface area (Å²) in [6.45, 7) is 6.34. The fourth-order valence-corrected chi connectivity index (χ4v) is 4.01. The number of carbonyl (C=O) groups excluding carboxylic acids is 1. The van der Waals surface area contributed by atoms with Crippen molar-refractivity contribution in [2.24, 2.45) is 0 Å². The van der Waals surface area contributed by atoms with Crippen LogP contribution in [0, 0.1) is 6.92 Å². The van der Waals surface area contributed by atoms with Crippen LogP contribution in [0.2, 0.25) is 0 Å². The van der Waals surface area contributed by atoms with Gasteiger partial charge in [0.1, 0.15) is 12.1 Å². The van der Waals surface area contributed by atoms with Crippen LogP contribution in [0.3, 0.4) is 0 Å². The van der Waals surface area contributed by atoms with E-state index in [9.17, 15) is 9.59 Å². The van der Waals surface area contributed by atoms with Gasteiger partial charge < -0.3 is 9.88 Å². The molecule has 1 amide bonds. The highest BCUT2D eigenvalue weighted by atomic mass is 32.1. The van der Waals surface area contributed by atoms with Gasteiger partial charge in [-0.1, -0.05) is 6.08 Å². The van der Waals surface area contributed by atoms with E-state index < -0.39 is 0 Å². The van der Waals surface area contributed by atoms with E-state index >= 15 is 0 Å². The summed E-state index contributed by atoms with van der Waals surface area (Å²) in [7, 11) is 0. The van der Waals surface area contributed by atoms with E-state index in [1.54, 1.807) is 23.6 Å². The van der Waals surface area contributed by atoms with Crippen molar-refractivity contribution in [3.05, 3.63) is 40.1 Å². The van der Waals surface area contributed by atoms with E-state index in [0.29, 0.717) is 12.1 Å². The van der Waals surface area contributed by atoms with Gasteiger partial charge in [0.05, 0.1) is 16.4 Å². The minimum atomic E-state index is -0.235. The maximum Gasteiger partial charge on any atom is 0.291 e. The van der Waals surface area contributed by atoms with Crippen LogP contribution in [0.5, 0.6) is 0 Å². The minimum absolute atomic E-state index is 0.0444. The lowest BCUT2D eigenvalue weighted by atomic mass is 10.3. The molecular formula is C17H18N4O2S. The third-order valence-electron chi connectivity index (χ3n) is 4.21. The van der Waals surface area contributed by atoms with Gasteiger partial charge in [0.25, 0.3) is 5.56 Å². The molecule has 7 heteroatoms. The average Bonchev–Trinajstić information content (AvgIpc) is 3.19. The normalized spacial score (nSPS) is 14.4. The van der Waals surface area contributed by atoms with Gasteiger partial charge in [-0.05, 0) is 25.8 Å². The van der Waals surface area contributed by atoms with Crippen LogP contribution in [-0.2, 0) is 17.9 Å². The SMILES string of the molecule is C=CCn1c2cc(C)sc2c2cnn(CC(=O)NC3CC3)c(=O)c21. The third-order valence-corrected chi connectivity index (χ3v) is 5.28. The van der Waals surface area contributed by atoms with Crippen molar-refractivity contribution >= 4 is 38.4 Å². The Labute approximate surface area is 142 Å². The zero-order valence-corrected chi connectivity index (χ0v) is 14.2. The number of nitrogens with zero attached hydrogens (tertiary/aromatic N) is 3. The van der Waals surface area contributed by atoms with Crippen molar-refractivity contribution < 1.29 is 4.79 Å². The van der Waals surface area contributed by atoms with Crippen molar-refractivity contribution in [1.82, 2.24) is 19.7 Å². The largest absolute Gasteiger partial charge is 0.352 e. The molecule has 24 heavy (non-hydrogen) atoms. The van der Waals surface area contributed by atoms with Crippen LogP contribution in [0.15, 0.2) is 29.7 Å². The maximum absolute atomic E-state index is 12.9. The lowest BCUT2D eigenvalue weighted by Crippen LogP contribution is -2.35. The molecule has 0 saturated heterocycles. The van der Waals surface area contributed by atoms with Gasteiger partial charge in [-0.2, -0.15) is 5.10 Å². The zero-order valence-electron chi connectivity index (χ0n) is 13.4. The van der Waals surface area contributed by atoms with Crippen molar-refractivity contribution in [1.29, 1.82) is 0 Å². The van der Waals surface area contributed by atoms with E-state index in [-0.39, 0.29) is 24.1 Å². The van der Waals surface area contributed by atoms with Crippen LogP contribution in [-0.4, -0.2) is 26.3 Å². The third kappa shape index (κ3) is 2.45. The van der Waals surface area contributed by atoms with Crippen LogP contribution in [0.4, 0.5) is 0 Å². The lowest BCUT2D eigenvalue weighted by molar-refractivity contribution is -0.122. The van der Waals surface area contributed by atoms with Crippen molar-refractivity contribution in [2.75, 3.05) is 0 Å². The molecule has 0 unspecified atom stereocenters. The van der Waals surface area contributed by atoms with E-state index in [0.717, 1.165) is 28.4 Å². The molecule has 3 heterocycles. The van der Waals surface area contributed by atoms with E-state index in [4.69, 9.17) is 0 Å².